The van der Waals surface area contributed by atoms with Gasteiger partial charge < -0.3 is 24.8 Å². The molecular formula is C40H52Cl2Zr. The molecule has 8 rings (SSSR count). The van der Waals surface area contributed by atoms with Gasteiger partial charge in [-0.25, -0.2) is 0 Å². The van der Waals surface area contributed by atoms with E-state index in [9.17, 15) is 0 Å². The second-order valence-corrected chi connectivity index (χ2v) is 22.2. The summed E-state index contributed by atoms with van der Waals surface area (Å²) in [6.45, 7) is 19.2. The molecule has 0 amide bonds. The van der Waals surface area contributed by atoms with Gasteiger partial charge in [-0.3, -0.25) is 0 Å². The Labute approximate surface area is 282 Å². The van der Waals surface area contributed by atoms with Gasteiger partial charge in [0.1, 0.15) is 0 Å². The van der Waals surface area contributed by atoms with Crippen LogP contribution >= 0.6 is 0 Å². The summed E-state index contributed by atoms with van der Waals surface area (Å²) < 4.78 is 8.64. The molecule has 1 unspecified atom stereocenters. The summed E-state index contributed by atoms with van der Waals surface area (Å²) in [7, 11) is 0. The Morgan fingerprint density at radius 2 is 1.37 bits per heavy atom. The van der Waals surface area contributed by atoms with E-state index in [0.717, 1.165) is 24.2 Å². The first-order valence-electron chi connectivity index (χ1n) is 16.6. The first kappa shape index (κ1) is 33.6. The molecule has 230 valence electrons. The molecule has 0 spiro atoms. The van der Waals surface area contributed by atoms with Crippen LogP contribution in [0.1, 0.15) is 123 Å². The van der Waals surface area contributed by atoms with Crippen molar-refractivity contribution in [1.29, 1.82) is 0 Å². The van der Waals surface area contributed by atoms with Gasteiger partial charge in [-0.05, 0) is 0 Å². The average Bonchev–Trinajstić information content (AvgIpc) is 3.36. The monoisotopic (exact) mass is 692 g/mol. The van der Waals surface area contributed by atoms with E-state index < -0.39 is 21.3 Å². The van der Waals surface area contributed by atoms with Gasteiger partial charge in [0.15, 0.2) is 0 Å². The Morgan fingerprint density at radius 3 is 1.93 bits per heavy atom. The second kappa shape index (κ2) is 11.5. The Bertz CT molecular complexity index is 1490. The van der Waals surface area contributed by atoms with Gasteiger partial charge in [0.2, 0.25) is 0 Å². The third-order valence-corrected chi connectivity index (χ3v) is 18.3. The predicted molar refractivity (Wildman–Crippen MR) is 174 cm³/mol. The first-order valence-corrected chi connectivity index (χ1v) is 20.8. The molecule has 0 aliphatic heterocycles. The van der Waals surface area contributed by atoms with Crippen LogP contribution in [0.3, 0.4) is 0 Å². The third kappa shape index (κ3) is 5.85. The fraction of sp³-hybridized carbons (Fsp3) is 0.575. The van der Waals surface area contributed by atoms with Gasteiger partial charge in [0.25, 0.3) is 0 Å². The number of benzene rings is 2. The normalized spacial score (nSPS) is 28.5. The molecule has 4 bridgehead atoms. The molecule has 4 saturated carbocycles. The van der Waals surface area contributed by atoms with Crippen molar-refractivity contribution in [3.63, 3.8) is 0 Å². The van der Waals surface area contributed by atoms with Gasteiger partial charge in [-0.15, -0.1) is 0 Å². The van der Waals surface area contributed by atoms with Crippen molar-refractivity contribution >= 4 is 7.48 Å². The minimum atomic E-state index is -2.35. The SMILES string of the molecule is [CH2]=[Zr+2]([C]1=C(C)C(CC23CC4CC(CC(C4)C2)C3)=CC1C)[c]1cc(C(C)(C)C)cc2c1Cc1ccc(C(C)(C)C)cc1-2.[Cl-].[Cl-]. The van der Waals surface area contributed by atoms with Gasteiger partial charge >= 0.3 is 260 Å². The van der Waals surface area contributed by atoms with Crippen LogP contribution in [-0.4, -0.2) is 4.21 Å². The van der Waals surface area contributed by atoms with E-state index in [1.165, 1.54) is 53.5 Å². The van der Waals surface area contributed by atoms with Crippen molar-refractivity contribution in [1.82, 2.24) is 0 Å². The van der Waals surface area contributed by atoms with Crippen molar-refractivity contribution in [3.05, 3.63) is 73.1 Å². The molecule has 0 nitrogen and oxygen atoms in total. The van der Waals surface area contributed by atoms with Crippen LogP contribution in [0.25, 0.3) is 11.1 Å². The van der Waals surface area contributed by atoms with Crippen molar-refractivity contribution in [2.45, 2.75) is 118 Å². The Kier molecular flexibility index (Phi) is 8.99. The molecule has 0 heterocycles. The molecule has 0 N–H and O–H groups in total. The van der Waals surface area contributed by atoms with Crippen LogP contribution in [0.2, 0.25) is 0 Å². The van der Waals surface area contributed by atoms with E-state index >= 15 is 0 Å². The molecule has 6 aliphatic rings. The minimum absolute atomic E-state index is 0. The number of rotatable bonds is 4. The Balaban J connectivity index is 0.00000184. The standard InChI is InChI=1S/C21H25.C18H25.CH2.2ClH.Zr/c1-20(2,3)16-9-7-14-11-15-8-10-17(21(4,5)6)13-19(15)18(14)12-16;1-12-3-13(2)17(4-12)11-18-8-14-5-15(9-18)7-16(6-14)10-18;;;;/h7,9-10,12-13H,11H2,1-6H3;4,12,14-16H,5-11H2,1-2H3;1H2;2*1H;/q;;;;;+2/p-2. The summed E-state index contributed by atoms with van der Waals surface area (Å²) in [5.74, 6) is 3.67. The van der Waals surface area contributed by atoms with Gasteiger partial charge in [0, 0.05) is 0 Å². The summed E-state index contributed by atoms with van der Waals surface area (Å²) in [5, 5.41) is 0. The summed E-state index contributed by atoms with van der Waals surface area (Å²) in [5.41, 5.74) is 13.4. The quantitative estimate of drug-likeness (QED) is 0.388. The molecule has 43 heavy (non-hydrogen) atoms. The predicted octanol–water partition coefficient (Wildman–Crippen LogP) is 3.99. The van der Waals surface area contributed by atoms with Crippen LogP contribution in [0.4, 0.5) is 0 Å². The molecule has 4 fully saturated rings. The number of allylic oxidation sites excluding steroid dienone is 4. The third-order valence-electron chi connectivity index (χ3n) is 11.9. The van der Waals surface area contributed by atoms with Crippen LogP contribution in [0.15, 0.2) is 50.8 Å². The summed E-state index contributed by atoms with van der Waals surface area (Å²) in [4.78, 5) is 0. The van der Waals surface area contributed by atoms with Crippen molar-refractivity contribution in [2.24, 2.45) is 29.1 Å². The average molecular weight is 695 g/mol. The summed E-state index contributed by atoms with van der Waals surface area (Å²) in [6, 6.07) is 12.5. The van der Waals surface area contributed by atoms with Crippen LogP contribution < -0.4 is 28.1 Å². The van der Waals surface area contributed by atoms with E-state index in [0.29, 0.717) is 11.3 Å². The van der Waals surface area contributed by atoms with Crippen molar-refractivity contribution in [2.75, 3.05) is 0 Å². The fourth-order valence-corrected chi connectivity index (χ4v) is 16.2. The largest absolute Gasteiger partial charge is 1.00 e. The van der Waals surface area contributed by atoms with Gasteiger partial charge in [-0.1, -0.05) is 0 Å². The molecule has 1 atom stereocenters. The zero-order valence-electron chi connectivity index (χ0n) is 27.9. The number of hydrogen-bond donors (Lipinski definition) is 0. The van der Waals surface area contributed by atoms with E-state index in [1.54, 1.807) is 42.5 Å². The number of fused-ring (bicyclic) bond motifs is 3. The topological polar surface area (TPSA) is 0 Å². The van der Waals surface area contributed by atoms with E-state index in [1.807, 2.05) is 0 Å². The first-order chi connectivity index (χ1) is 19.2. The number of hydrogen-bond acceptors (Lipinski definition) is 0. The molecule has 0 radical (unpaired) electrons. The maximum Gasteiger partial charge on any atom is -1.00 e. The van der Waals surface area contributed by atoms with E-state index in [2.05, 4.69) is 91.8 Å². The molecule has 0 saturated heterocycles. The molecule has 2 aromatic carbocycles. The molecule has 2 aromatic rings. The van der Waals surface area contributed by atoms with Gasteiger partial charge in [0.05, 0.1) is 0 Å². The zero-order valence-corrected chi connectivity index (χ0v) is 31.9. The zero-order chi connectivity index (χ0) is 29.1. The molecule has 6 aliphatic carbocycles. The molecule has 0 aromatic heterocycles. The molecular weight excluding hydrogens is 643 g/mol. The minimum Gasteiger partial charge on any atom is -1.00 e. The van der Waals surface area contributed by atoms with Crippen molar-refractivity contribution < 1.29 is 46.1 Å². The summed E-state index contributed by atoms with van der Waals surface area (Å²) >= 11 is -2.35. The van der Waals surface area contributed by atoms with Crippen LogP contribution in [0, 0.1) is 29.1 Å². The van der Waals surface area contributed by atoms with Gasteiger partial charge in [-0.2, -0.15) is 0 Å². The number of halogens is 2. The van der Waals surface area contributed by atoms with Crippen LogP contribution in [-0.2, 0) is 38.5 Å². The molecule has 3 heteroatoms. The maximum absolute atomic E-state index is 5.18. The maximum atomic E-state index is 5.18. The van der Waals surface area contributed by atoms with Crippen LogP contribution in [0.5, 0.6) is 0 Å². The Morgan fingerprint density at radius 1 is 0.814 bits per heavy atom. The Hall–Kier alpha value is -0.747. The second-order valence-electron chi connectivity index (χ2n) is 17.2. The summed E-state index contributed by atoms with van der Waals surface area (Å²) in [6.07, 6.45) is 14.3. The van der Waals surface area contributed by atoms with E-state index in [-0.39, 0.29) is 35.6 Å². The van der Waals surface area contributed by atoms with Crippen molar-refractivity contribution in [3.8, 4) is 11.1 Å². The smallest absolute Gasteiger partial charge is 1.00 e. The fourth-order valence-electron chi connectivity index (χ4n) is 10.2. The van der Waals surface area contributed by atoms with E-state index in [4.69, 9.17) is 4.21 Å².